The zero-order valence-electron chi connectivity index (χ0n) is 12.7. The van der Waals surface area contributed by atoms with Gasteiger partial charge in [0.15, 0.2) is 0 Å². The Hall–Kier alpha value is -3.08. The third-order valence-electron chi connectivity index (χ3n) is 3.61. The van der Waals surface area contributed by atoms with Crippen LogP contribution in [-0.2, 0) is 11.2 Å². The molecule has 0 fully saturated rings. The van der Waals surface area contributed by atoms with Crippen LogP contribution in [0.2, 0.25) is 0 Å². The van der Waals surface area contributed by atoms with E-state index in [1.165, 1.54) is 0 Å². The van der Waals surface area contributed by atoms with Gasteiger partial charge in [-0.1, -0.05) is 36.4 Å². The lowest BCUT2D eigenvalue weighted by atomic mass is 10.2. The van der Waals surface area contributed by atoms with Crippen molar-refractivity contribution < 1.29 is 4.79 Å². The molecule has 0 radical (unpaired) electrons. The number of rotatable bonds is 4. The summed E-state index contributed by atoms with van der Waals surface area (Å²) in [5.74, 6) is -0.169. The number of benzene rings is 2. The van der Waals surface area contributed by atoms with Crippen molar-refractivity contribution in [3.05, 3.63) is 82.5 Å². The number of aromatic amines is 1. The van der Waals surface area contributed by atoms with Crippen LogP contribution >= 0.6 is 0 Å². The van der Waals surface area contributed by atoms with Gasteiger partial charge >= 0.3 is 5.69 Å². The Morgan fingerprint density at radius 3 is 2.52 bits per heavy atom. The van der Waals surface area contributed by atoms with Crippen LogP contribution < -0.4 is 11.0 Å². The van der Waals surface area contributed by atoms with E-state index in [1.54, 1.807) is 10.8 Å². The fourth-order valence-electron chi connectivity index (χ4n) is 2.50. The van der Waals surface area contributed by atoms with Crippen LogP contribution in [-0.4, -0.2) is 15.5 Å². The van der Waals surface area contributed by atoms with E-state index in [0.717, 1.165) is 16.9 Å². The van der Waals surface area contributed by atoms with E-state index in [-0.39, 0.29) is 18.0 Å². The van der Waals surface area contributed by atoms with Gasteiger partial charge in [-0.25, -0.2) is 4.79 Å². The van der Waals surface area contributed by atoms with Crippen molar-refractivity contribution in [3.63, 3.8) is 0 Å². The lowest BCUT2D eigenvalue weighted by Crippen LogP contribution is -2.21. The third kappa shape index (κ3) is 3.23. The Morgan fingerprint density at radius 2 is 1.78 bits per heavy atom. The van der Waals surface area contributed by atoms with E-state index >= 15 is 0 Å². The Balaban J connectivity index is 1.86. The molecule has 1 aromatic heterocycles. The zero-order valence-corrected chi connectivity index (χ0v) is 12.7. The zero-order chi connectivity index (χ0) is 16.2. The highest BCUT2D eigenvalue weighted by molar-refractivity contribution is 5.92. The molecule has 0 aliphatic carbocycles. The van der Waals surface area contributed by atoms with Gasteiger partial charge in [0.1, 0.15) is 0 Å². The van der Waals surface area contributed by atoms with Gasteiger partial charge in [-0.15, -0.1) is 0 Å². The monoisotopic (exact) mass is 307 g/mol. The molecule has 5 heteroatoms. The summed E-state index contributed by atoms with van der Waals surface area (Å²) in [5.41, 5.74) is 2.86. The second-order valence-electron chi connectivity index (χ2n) is 5.30. The van der Waals surface area contributed by atoms with Gasteiger partial charge in [0.2, 0.25) is 5.91 Å². The van der Waals surface area contributed by atoms with E-state index in [0.29, 0.717) is 5.69 Å². The van der Waals surface area contributed by atoms with Crippen LogP contribution in [0, 0.1) is 6.92 Å². The molecule has 1 amide bonds. The van der Waals surface area contributed by atoms with Crippen LogP contribution in [0.4, 0.5) is 5.69 Å². The molecule has 5 nitrogen and oxygen atoms in total. The number of para-hydroxylation sites is 2. The molecule has 0 unspecified atom stereocenters. The summed E-state index contributed by atoms with van der Waals surface area (Å²) in [6, 6.07) is 16.8. The maximum absolute atomic E-state index is 12.2. The molecule has 2 N–H and O–H groups in total. The highest BCUT2D eigenvalue weighted by Gasteiger charge is 2.13. The molecule has 3 aromatic rings. The molecular formula is C18H17N3O2. The van der Waals surface area contributed by atoms with Gasteiger partial charge < -0.3 is 10.3 Å². The number of imidazole rings is 1. The molecule has 3 rings (SSSR count). The second kappa shape index (κ2) is 6.36. The van der Waals surface area contributed by atoms with Gasteiger partial charge in [0.05, 0.1) is 17.8 Å². The number of hydrogen-bond donors (Lipinski definition) is 2. The molecule has 0 bridgehead atoms. The summed E-state index contributed by atoms with van der Waals surface area (Å²) in [5, 5.41) is 2.82. The number of anilines is 1. The quantitative estimate of drug-likeness (QED) is 0.778. The molecule has 0 atom stereocenters. The Morgan fingerprint density at radius 1 is 1.09 bits per heavy atom. The van der Waals surface area contributed by atoms with Crippen molar-refractivity contribution in [3.8, 4) is 5.69 Å². The molecule has 116 valence electrons. The first-order valence-electron chi connectivity index (χ1n) is 7.35. The summed E-state index contributed by atoms with van der Waals surface area (Å²) in [7, 11) is 0. The second-order valence-corrected chi connectivity index (χ2v) is 5.30. The first kappa shape index (κ1) is 14.8. The molecule has 2 aromatic carbocycles. The summed E-state index contributed by atoms with van der Waals surface area (Å²) in [6.45, 7) is 1.93. The minimum Gasteiger partial charge on any atom is -0.326 e. The van der Waals surface area contributed by atoms with Crippen LogP contribution in [0.15, 0.2) is 65.6 Å². The van der Waals surface area contributed by atoms with Crippen molar-refractivity contribution in [2.75, 3.05) is 5.32 Å². The van der Waals surface area contributed by atoms with Gasteiger partial charge in [0, 0.05) is 11.9 Å². The standard InChI is InChI=1S/C18H17N3O2/c1-13-7-5-6-10-16(13)21-15(12-19-18(21)23)11-17(22)20-14-8-3-2-4-9-14/h2-10,12H,11H2,1H3,(H,19,23)(H,20,22). The van der Waals surface area contributed by atoms with Gasteiger partial charge in [-0.05, 0) is 30.7 Å². The topological polar surface area (TPSA) is 66.9 Å². The highest BCUT2D eigenvalue weighted by Crippen LogP contribution is 2.14. The number of carbonyl (C=O) groups is 1. The number of aryl methyl sites for hydroxylation is 1. The fraction of sp³-hybridized carbons (Fsp3) is 0.111. The van der Waals surface area contributed by atoms with E-state index < -0.39 is 0 Å². The Labute approximate surface area is 133 Å². The SMILES string of the molecule is Cc1ccccc1-n1c(CC(=O)Nc2ccccc2)c[nH]c1=O. The molecule has 0 spiro atoms. The van der Waals surface area contributed by atoms with Crippen molar-refractivity contribution in [2.45, 2.75) is 13.3 Å². The fourth-order valence-corrected chi connectivity index (χ4v) is 2.50. The lowest BCUT2D eigenvalue weighted by molar-refractivity contribution is -0.115. The van der Waals surface area contributed by atoms with E-state index in [1.807, 2.05) is 61.5 Å². The summed E-state index contributed by atoms with van der Waals surface area (Å²) in [6.07, 6.45) is 1.70. The minimum atomic E-state index is -0.248. The number of aromatic nitrogens is 2. The average Bonchev–Trinajstić information content (AvgIpc) is 2.89. The number of nitrogens with zero attached hydrogens (tertiary/aromatic N) is 1. The molecule has 0 saturated heterocycles. The van der Waals surface area contributed by atoms with Gasteiger partial charge in [-0.2, -0.15) is 0 Å². The molecule has 0 aliphatic rings. The van der Waals surface area contributed by atoms with Crippen LogP contribution in [0.3, 0.4) is 0 Å². The maximum Gasteiger partial charge on any atom is 0.330 e. The van der Waals surface area contributed by atoms with Crippen LogP contribution in [0.1, 0.15) is 11.3 Å². The Kier molecular flexibility index (Phi) is 4.10. The van der Waals surface area contributed by atoms with Crippen molar-refractivity contribution >= 4 is 11.6 Å². The van der Waals surface area contributed by atoms with E-state index in [4.69, 9.17) is 0 Å². The molecular weight excluding hydrogens is 290 g/mol. The average molecular weight is 307 g/mol. The predicted molar refractivity (Wildman–Crippen MR) is 89.9 cm³/mol. The molecule has 23 heavy (non-hydrogen) atoms. The van der Waals surface area contributed by atoms with Crippen molar-refractivity contribution in [2.24, 2.45) is 0 Å². The molecule has 0 aliphatic heterocycles. The van der Waals surface area contributed by atoms with Gasteiger partial charge in [-0.3, -0.25) is 9.36 Å². The van der Waals surface area contributed by atoms with Crippen molar-refractivity contribution in [1.82, 2.24) is 9.55 Å². The minimum absolute atomic E-state index is 0.113. The number of carbonyl (C=O) groups excluding carboxylic acids is 1. The lowest BCUT2D eigenvalue weighted by Gasteiger charge is -2.10. The van der Waals surface area contributed by atoms with E-state index in [9.17, 15) is 9.59 Å². The number of amides is 1. The van der Waals surface area contributed by atoms with E-state index in [2.05, 4.69) is 10.3 Å². The number of hydrogen-bond acceptors (Lipinski definition) is 2. The van der Waals surface area contributed by atoms with Gasteiger partial charge in [0.25, 0.3) is 0 Å². The first-order valence-corrected chi connectivity index (χ1v) is 7.35. The largest absolute Gasteiger partial charge is 0.330 e. The smallest absolute Gasteiger partial charge is 0.326 e. The normalized spacial score (nSPS) is 10.5. The highest BCUT2D eigenvalue weighted by atomic mass is 16.2. The molecule has 0 saturated carbocycles. The predicted octanol–water partition coefficient (Wildman–Crippen LogP) is 2.66. The molecule has 1 heterocycles. The summed E-state index contributed by atoms with van der Waals surface area (Å²) < 4.78 is 1.54. The summed E-state index contributed by atoms with van der Waals surface area (Å²) in [4.78, 5) is 27.0. The summed E-state index contributed by atoms with van der Waals surface area (Å²) >= 11 is 0. The number of H-pyrrole nitrogens is 1. The first-order chi connectivity index (χ1) is 11.1. The van der Waals surface area contributed by atoms with Crippen molar-refractivity contribution in [1.29, 1.82) is 0 Å². The maximum atomic E-state index is 12.2. The number of nitrogens with one attached hydrogen (secondary N) is 2. The third-order valence-corrected chi connectivity index (χ3v) is 3.61. The Bertz CT molecular complexity index is 879. The van der Waals surface area contributed by atoms with Crippen LogP contribution in [0.25, 0.3) is 5.69 Å². The van der Waals surface area contributed by atoms with Crippen LogP contribution in [0.5, 0.6) is 0 Å².